The summed E-state index contributed by atoms with van der Waals surface area (Å²) in [7, 11) is 1.53. The topological polar surface area (TPSA) is 94.6 Å². The van der Waals surface area contributed by atoms with Crippen LogP contribution in [0.1, 0.15) is 26.5 Å². The van der Waals surface area contributed by atoms with Crippen molar-refractivity contribution in [3.05, 3.63) is 59.4 Å². The van der Waals surface area contributed by atoms with Gasteiger partial charge in [0, 0.05) is 17.0 Å². The van der Waals surface area contributed by atoms with Crippen LogP contribution in [-0.4, -0.2) is 18.9 Å². The lowest BCUT2D eigenvalue weighted by Gasteiger charge is -2.06. The molecule has 2 aromatic carbocycles. The average Bonchev–Trinajstić information content (AvgIpc) is 2.92. The second-order valence-corrected chi connectivity index (χ2v) is 5.36. The van der Waals surface area contributed by atoms with Gasteiger partial charge < -0.3 is 20.2 Å². The maximum Gasteiger partial charge on any atom is 0.286 e. The fraction of sp³-hybridized carbons (Fsp3) is 0.111. The Morgan fingerprint density at radius 1 is 1.17 bits per heavy atom. The molecule has 3 rings (SSSR count). The number of methoxy groups -OCH3 is 1. The molecule has 0 aliphatic rings. The van der Waals surface area contributed by atoms with Crippen molar-refractivity contribution in [2.45, 2.75) is 6.92 Å². The van der Waals surface area contributed by atoms with Crippen molar-refractivity contribution in [2.24, 2.45) is 5.73 Å². The predicted molar refractivity (Wildman–Crippen MR) is 90.4 cm³/mol. The van der Waals surface area contributed by atoms with E-state index in [-0.39, 0.29) is 17.4 Å². The summed E-state index contributed by atoms with van der Waals surface area (Å²) < 4.78 is 10.6. The van der Waals surface area contributed by atoms with Crippen LogP contribution in [-0.2, 0) is 0 Å². The summed E-state index contributed by atoms with van der Waals surface area (Å²) in [5, 5.41) is 3.30. The highest BCUT2D eigenvalue weighted by atomic mass is 16.5. The molecule has 0 spiro atoms. The molecule has 1 heterocycles. The van der Waals surface area contributed by atoms with Crippen molar-refractivity contribution in [3.8, 4) is 5.75 Å². The lowest BCUT2D eigenvalue weighted by Crippen LogP contribution is -2.17. The standard InChI is InChI=1S/C18H16N2O4/c1-10-4-3-5-11(8-10)18(22)20-15-13-7-6-12(23-2)9-14(13)24-16(15)17(19)21/h3-9H,1-2H3,(H2,19,21)(H,20,22). The summed E-state index contributed by atoms with van der Waals surface area (Å²) in [4.78, 5) is 24.1. The van der Waals surface area contributed by atoms with Crippen molar-refractivity contribution in [1.29, 1.82) is 0 Å². The van der Waals surface area contributed by atoms with Crippen LogP contribution in [0.15, 0.2) is 46.9 Å². The van der Waals surface area contributed by atoms with Gasteiger partial charge in [-0.15, -0.1) is 0 Å². The molecule has 6 nitrogen and oxygen atoms in total. The molecule has 0 saturated carbocycles. The van der Waals surface area contributed by atoms with Gasteiger partial charge in [0.25, 0.3) is 11.8 Å². The predicted octanol–water partition coefficient (Wildman–Crippen LogP) is 3.10. The molecule has 2 amide bonds. The first-order valence-corrected chi connectivity index (χ1v) is 7.28. The molecule has 0 aliphatic carbocycles. The van der Waals surface area contributed by atoms with E-state index in [1.807, 2.05) is 13.0 Å². The molecule has 3 aromatic rings. The molecule has 24 heavy (non-hydrogen) atoms. The highest BCUT2D eigenvalue weighted by Crippen LogP contribution is 2.33. The van der Waals surface area contributed by atoms with Gasteiger partial charge in [0.05, 0.1) is 7.11 Å². The van der Waals surface area contributed by atoms with Crippen LogP contribution < -0.4 is 15.8 Å². The normalized spacial score (nSPS) is 10.6. The van der Waals surface area contributed by atoms with Crippen LogP contribution in [0.5, 0.6) is 5.75 Å². The van der Waals surface area contributed by atoms with Crippen molar-refractivity contribution in [1.82, 2.24) is 0 Å². The highest BCUT2D eigenvalue weighted by molar-refractivity contribution is 6.14. The number of hydrogen-bond donors (Lipinski definition) is 2. The fourth-order valence-corrected chi connectivity index (χ4v) is 2.47. The zero-order chi connectivity index (χ0) is 17.3. The number of amides is 2. The second-order valence-electron chi connectivity index (χ2n) is 5.36. The van der Waals surface area contributed by atoms with E-state index >= 15 is 0 Å². The van der Waals surface area contributed by atoms with Gasteiger partial charge in [0.1, 0.15) is 17.0 Å². The number of rotatable bonds is 4. The number of anilines is 1. The molecule has 0 unspecified atom stereocenters. The molecule has 6 heteroatoms. The van der Waals surface area contributed by atoms with Crippen LogP contribution in [0.2, 0.25) is 0 Å². The average molecular weight is 324 g/mol. The third-order valence-corrected chi connectivity index (χ3v) is 3.64. The number of nitrogens with one attached hydrogen (secondary N) is 1. The van der Waals surface area contributed by atoms with Gasteiger partial charge in [0.2, 0.25) is 5.76 Å². The lowest BCUT2D eigenvalue weighted by molar-refractivity contribution is 0.0977. The number of fused-ring (bicyclic) bond motifs is 1. The van der Waals surface area contributed by atoms with E-state index in [0.29, 0.717) is 22.3 Å². The second kappa shape index (κ2) is 6.08. The first-order chi connectivity index (χ1) is 11.5. The molecule has 0 radical (unpaired) electrons. The number of furan rings is 1. The number of benzene rings is 2. The molecule has 0 fully saturated rings. The summed E-state index contributed by atoms with van der Waals surface area (Å²) in [6, 6.07) is 12.2. The lowest BCUT2D eigenvalue weighted by atomic mass is 10.1. The monoisotopic (exact) mass is 324 g/mol. The van der Waals surface area contributed by atoms with Gasteiger partial charge in [0.15, 0.2) is 0 Å². The van der Waals surface area contributed by atoms with Crippen molar-refractivity contribution in [3.63, 3.8) is 0 Å². The van der Waals surface area contributed by atoms with Crippen LogP contribution in [0, 0.1) is 6.92 Å². The molecular formula is C18H16N2O4. The quantitative estimate of drug-likeness (QED) is 0.771. The van der Waals surface area contributed by atoms with E-state index in [0.717, 1.165) is 5.56 Å². The SMILES string of the molecule is COc1ccc2c(NC(=O)c3cccc(C)c3)c(C(N)=O)oc2c1. The Hall–Kier alpha value is -3.28. The molecule has 3 N–H and O–H groups in total. The van der Waals surface area contributed by atoms with Crippen molar-refractivity contribution in [2.75, 3.05) is 12.4 Å². The van der Waals surface area contributed by atoms with Crippen molar-refractivity contribution >= 4 is 28.5 Å². The van der Waals surface area contributed by atoms with Gasteiger partial charge in [-0.3, -0.25) is 9.59 Å². The first kappa shape index (κ1) is 15.6. The van der Waals surface area contributed by atoms with Gasteiger partial charge in [-0.2, -0.15) is 0 Å². The Morgan fingerprint density at radius 3 is 2.62 bits per heavy atom. The highest BCUT2D eigenvalue weighted by Gasteiger charge is 2.21. The molecule has 0 atom stereocenters. The number of nitrogens with two attached hydrogens (primary N) is 1. The van der Waals surface area contributed by atoms with E-state index < -0.39 is 5.91 Å². The van der Waals surface area contributed by atoms with E-state index in [4.69, 9.17) is 14.9 Å². The number of aryl methyl sites for hydroxylation is 1. The largest absolute Gasteiger partial charge is 0.497 e. The molecular weight excluding hydrogens is 308 g/mol. The van der Waals surface area contributed by atoms with Gasteiger partial charge in [-0.25, -0.2) is 0 Å². The molecule has 1 aromatic heterocycles. The van der Waals surface area contributed by atoms with Gasteiger partial charge in [-0.05, 0) is 31.2 Å². The Balaban J connectivity index is 2.05. The van der Waals surface area contributed by atoms with Crippen LogP contribution in [0.25, 0.3) is 11.0 Å². The number of carbonyl (C=O) groups is 2. The summed E-state index contributed by atoms with van der Waals surface area (Å²) in [6.07, 6.45) is 0. The molecule has 0 saturated heterocycles. The van der Waals surface area contributed by atoms with E-state index in [1.165, 1.54) is 7.11 Å². The smallest absolute Gasteiger partial charge is 0.286 e. The number of hydrogen-bond acceptors (Lipinski definition) is 4. The molecule has 0 bridgehead atoms. The Kier molecular flexibility index (Phi) is 3.95. The zero-order valence-electron chi connectivity index (χ0n) is 13.3. The minimum absolute atomic E-state index is 0.0979. The first-order valence-electron chi connectivity index (χ1n) is 7.28. The Morgan fingerprint density at radius 2 is 1.96 bits per heavy atom. The number of primary amides is 1. The number of ether oxygens (including phenoxy) is 1. The third kappa shape index (κ3) is 2.81. The zero-order valence-corrected chi connectivity index (χ0v) is 13.3. The summed E-state index contributed by atoms with van der Waals surface area (Å²) >= 11 is 0. The van der Waals surface area contributed by atoms with Gasteiger partial charge >= 0.3 is 0 Å². The van der Waals surface area contributed by atoms with Gasteiger partial charge in [-0.1, -0.05) is 17.7 Å². The Labute approximate surface area is 138 Å². The van der Waals surface area contributed by atoms with E-state index in [2.05, 4.69) is 5.32 Å². The third-order valence-electron chi connectivity index (χ3n) is 3.64. The summed E-state index contributed by atoms with van der Waals surface area (Å²) in [5.74, 6) is -0.632. The number of carbonyl (C=O) groups excluding carboxylic acids is 2. The minimum atomic E-state index is -0.760. The van der Waals surface area contributed by atoms with Crippen LogP contribution in [0.3, 0.4) is 0 Å². The van der Waals surface area contributed by atoms with E-state index in [1.54, 1.807) is 36.4 Å². The maximum atomic E-state index is 12.5. The Bertz CT molecular complexity index is 943. The maximum absolute atomic E-state index is 12.5. The fourth-order valence-electron chi connectivity index (χ4n) is 2.47. The minimum Gasteiger partial charge on any atom is -0.497 e. The summed E-state index contributed by atoms with van der Waals surface area (Å²) in [6.45, 7) is 1.89. The molecule has 122 valence electrons. The van der Waals surface area contributed by atoms with E-state index in [9.17, 15) is 9.59 Å². The van der Waals surface area contributed by atoms with Crippen molar-refractivity contribution < 1.29 is 18.7 Å². The van der Waals surface area contributed by atoms with Crippen LogP contribution >= 0.6 is 0 Å². The van der Waals surface area contributed by atoms with Crippen LogP contribution in [0.4, 0.5) is 5.69 Å². The molecule has 0 aliphatic heterocycles. The summed E-state index contributed by atoms with van der Waals surface area (Å²) in [5.41, 5.74) is 7.47.